The maximum Gasteiger partial charge on any atom is 0.251 e. The Labute approximate surface area is 131 Å². The van der Waals surface area contributed by atoms with Gasteiger partial charge in [-0.1, -0.05) is 18.2 Å². The molecule has 0 bridgehead atoms. The van der Waals surface area contributed by atoms with Crippen LogP contribution < -0.4 is 10.6 Å². The Morgan fingerprint density at radius 2 is 1.77 bits per heavy atom. The summed E-state index contributed by atoms with van der Waals surface area (Å²) in [6, 6.07) is 7.23. The summed E-state index contributed by atoms with van der Waals surface area (Å²) >= 11 is 0. The Morgan fingerprint density at radius 1 is 1.09 bits per heavy atom. The molecular formula is C15H22N2O4S. The van der Waals surface area contributed by atoms with Gasteiger partial charge >= 0.3 is 0 Å². The first kappa shape index (κ1) is 18.2. The third kappa shape index (κ3) is 7.21. The lowest BCUT2D eigenvalue weighted by atomic mass is 10.1. The number of carbonyl (C=O) groups is 2. The van der Waals surface area contributed by atoms with E-state index in [4.69, 9.17) is 0 Å². The second kappa shape index (κ2) is 8.53. The van der Waals surface area contributed by atoms with Crippen LogP contribution in [0.2, 0.25) is 0 Å². The van der Waals surface area contributed by atoms with E-state index in [1.54, 1.807) is 12.1 Å². The van der Waals surface area contributed by atoms with Crippen molar-refractivity contribution in [2.24, 2.45) is 0 Å². The van der Waals surface area contributed by atoms with E-state index in [2.05, 4.69) is 10.6 Å². The highest BCUT2D eigenvalue weighted by molar-refractivity contribution is 7.90. The number of hydrogen-bond acceptors (Lipinski definition) is 4. The van der Waals surface area contributed by atoms with Gasteiger partial charge in [0.2, 0.25) is 5.91 Å². The fourth-order valence-corrected chi connectivity index (χ4v) is 2.53. The molecule has 0 saturated carbocycles. The number of rotatable bonds is 8. The Morgan fingerprint density at radius 3 is 2.41 bits per heavy atom. The van der Waals surface area contributed by atoms with E-state index >= 15 is 0 Å². The molecule has 1 rings (SSSR count). The number of aryl methyl sites for hydroxylation is 1. The lowest BCUT2D eigenvalue weighted by Gasteiger charge is -2.08. The van der Waals surface area contributed by atoms with Gasteiger partial charge in [-0.2, -0.15) is 0 Å². The van der Waals surface area contributed by atoms with Gasteiger partial charge in [0.25, 0.3) is 5.91 Å². The number of hydrogen-bond donors (Lipinski definition) is 2. The molecular weight excluding hydrogens is 304 g/mol. The van der Waals surface area contributed by atoms with Crippen molar-refractivity contribution in [1.29, 1.82) is 0 Å². The van der Waals surface area contributed by atoms with Gasteiger partial charge in [0.15, 0.2) is 0 Å². The second-order valence-corrected chi connectivity index (χ2v) is 7.41. The van der Waals surface area contributed by atoms with Crippen LogP contribution in [0.25, 0.3) is 0 Å². The van der Waals surface area contributed by atoms with E-state index in [-0.39, 0.29) is 30.5 Å². The van der Waals surface area contributed by atoms with Crippen LogP contribution in [0.5, 0.6) is 0 Å². The fraction of sp³-hybridized carbons (Fsp3) is 0.467. The highest BCUT2D eigenvalue weighted by Gasteiger charge is 2.08. The summed E-state index contributed by atoms with van der Waals surface area (Å²) in [6.07, 6.45) is 1.71. The number of sulfone groups is 1. The van der Waals surface area contributed by atoms with Crippen molar-refractivity contribution in [3.8, 4) is 0 Å². The van der Waals surface area contributed by atoms with Crippen LogP contribution in [0.1, 0.15) is 28.8 Å². The van der Waals surface area contributed by atoms with E-state index in [1.807, 2.05) is 19.1 Å². The molecule has 1 aromatic carbocycles. The maximum absolute atomic E-state index is 11.9. The van der Waals surface area contributed by atoms with Crippen molar-refractivity contribution in [2.75, 3.05) is 25.1 Å². The van der Waals surface area contributed by atoms with Crippen molar-refractivity contribution in [3.63, 3.8) is 0 Å². The van der Waals surface area contributed by atoms with Crippen LogP contribution in [0.15, 0.2) is 24.3 Å². The largest absolute Gasteiger partial charge is 0.356 e. The molecule has 0 unspecified atom stereocenters. The normalized spacial score (nSPS) is 11.0. The van der Waals surface area contributed by atoms with Gasteiger partial charge in [-0.25, -0.2) is 8.42 Å². The number of carbonyl (C=O) groups excluding carboxylic acids is 2. The standard InChI is InChI=1S/C15H22N2O4S/c1-12-6-3-4-7-13(12)15(19)17-10-8-14(18)16-9-5-11-22(2,20)21/h3-4,6-7H,5,8-11H2,1-2H3,(H,16,18)(H,17,19). The zero-order valence-electron chi connectivity index (χ0n) is 12.9. The van der Waals surface area contributed by atoms with Gasteiger partial charge in [0.1, 0.15) is 9.84 Å². The lowest BCUT2D eigenvalue weighted by Crippen LogP contribution is -2.31. The van der Waals surface area contributed by atoms with E-state index in [1.165, 1.54) is 0 Å². The van der Waals surface area contributed by atoms with Gasteiger partial charge in [0, 0.05) is 31.3 Å². The molecule has 0 saturated heterocycles. The first-order valence-electron chi connectivity index (χ1n) is 7.08. The molecule has 2 amide bonds. The summed E-state index contributed by atoms with van der Waals surface area (Å²) in [7, 11) is -2.99. The van der Waals surface area contributed by atoms with E-state index < -0.39 is 9.84 Å². The average molecular weight is 326 g/mol. The third-order valence-electron chi connectivity index (χ3n) is 3.04. The van der Waals surface area contributed by atoms with Crippen LogP contribution in [-0.2, 0) is 14.6 Å². The summed E-state index contributed by atoms with van der Waals surface area (Å²) in [5.74, 6) is -0.362. The zero-order chi connectivity index (χ0) is 16.6. The molecule has 0 heterocycles. The van der Waals surface area contributed by atoms with Crippen LogP contribution in [0, 0.1) is 6.92 Å². The van der Waals surface area contributed by atoms with E-state index in [0.717, 1.165) is 11.8 Å². The van der Waals surface area contributed by atoms with Crippen LogP contribution in [0.3, 0.4) is 0 Å². The van der Waals surface area contributed by atoms with E-state index in [0.29, 0.717) is 18.5 Å². The quantitative estimate of drug-likeness (QED) is 0.687. The van der Waals surface area contributed by atoms with Crippen LogP contribution >= 0.6 is 0 Å². The molecule has 22 heavy (non-hydrogen) atoms. The van der Waals surface area contributed by atoms with Gasteiger partial charge in [-0.15, -0.1) is 0 Å². The molecule has 0 fully saturated rings. The lowest BCUT2D eigenvalue weighted by molar-refractivity contribution is -0.120. The molecule has 0 radical (unpaired) electrons. The molecule has 0 aliphatic carbocycles. The predicted molar refractivity (Wildman–Crippen MR) is 85.5 cm³/mol. The van der Waals surface area contributed by atoms with Crippen molar-refractivity contribution in [3.05, 3.63) is 35.4 Å². The Kier molecular flexibility index (Phi) is 7.04. The molecule has 7 heteroatoms. The summed E-state index contributed by atoms with van der Waals surface area (Å²) in [5, 5.41) is 5.32. The first-order chi connectivity index (χ1) is 10.3. The van der Waals surface area contributed by atoms with E-state index in [9.17, 15) is 18.0 Å². The molecule has 0 aromatic heterocycles. The zero-order valence-corrected chi connectivity index (χ0v) is 13.7. The van der Waals surface area contributed by atoms with Gasteiger partial charge in [0.05, 0.1) is 5.75 Å². The summed E-state index contributed by atoms with van der Waals surface area (Å²) in [6.45, 7) is 2.41. The minimum Gasteiger partial charge on any atom is -0.356 e. The molecule has 0 aliphatic heterocycles. The minimum absolute atomic E-state index is 0.0529. The topological polar surface area (TPSA) is 92.3 Å². The molecule has 0 atom stereocenters. The van der Waals surface area contributed by atoms with Crippen molar-refractivity contribution >= 4 is 21.7 Å². The monoisotopic (exact) mass is 326 g/mol. The average Bonchev–Trinajstić information content (AvgIpc) is 2.43. The van der Waals surface area contributed by atoms with Crippen LogP contribution in [-0.4, -0.2) is 45.3 Å². The van der Waals surface area contributed by atoms with Gasteiger partial charge in [-0.05, 0) is 25.0 Å². The van der Waals surface area contributed by atoms with Gasteiger partial charge < -0.3 is 10.6 Å². The molecule has 1 aromatic rings. The number of nitrogens with one attached hydrogen (secondary N) is 2. The summed E-state index contributed by atoms with van der Waals surface area (Å²) < 4.78 is 21.8. The van der Waals surface area contributed by atoms with Crippen LogP contribution in [0.4, 0.5) is 0 Å². The molecule has 6 nitrogen and oxygen atoms in total. The Bertz CT molecular complexity index is 626. The summed E-state index contributed by atoms with van der Waals surface area (Å²) in [4.78, 5) is 23.4. The predicted octanol–water partition coefficient (Wildman–Crippen LogP) is 0.666. The smallest absolute Gasteiger partial charge is 0.251 e. The summed E-state index contributed by atoms with van der Waals surface area (Å²) in [5.41, 5.74) is 1.47. The minimum atomic E-state index is -2.99. The molecule has 0 spiro atoms. The number of benzene rings is 1. The SMILES string of the molecule is Cc1ccccc1C(=O)NCCC(=O)NCCCS(C)(=O)=O. The van der Waals surface area contributed by atoms with Crippen molar-refractivity contribution in [1.82, 2.24) is 10.6 Å². The highest BCUT2D eigenvalue weighted by atomic mass is 32.2. The number of amides is 2. The maximum atomic E-state index is 11.9. The van der Waals surface area contributed by atoms with Crippen molar-refractivity contribution < 1.29 is 18.0 Å². The van der Waals surface area contributed by atoms with Gasteiger partial charge in [-0.3, -0.25) is 9.59 Å². The third-order valence-corrected chi connectivity index (χ3v) is 4.07. The Balaban J connectivity index is 2.22. The van der Waals surface area contributed by atoms with Crippen molar-refractivity contribution in [2.45, 2.75) is 19.8 Å². The molecule has 0 aliphatic rings. The fourth-order valence-electron chi connectivity index (χ4n) is 1.86. The first-order valence-corrected chi connectivity index (χ1v) is 9.14. The highest BCUT2D eigenvalue weighted by Crippen LogP contribution is 2.06. The second-order valence-electron chi connectivity index (χ2n) is 5.15. The molecule has 2 N–H and O–H groups in total. The molecule has 122 valence electrons. The Hall–Kier alpha value is -1.89.